The third-order valence-electron chi connectivity index (χ3n) is 5.82. The van der Waals surface area contributed by atoms with Crippen LogP contribution in [0.1, 0.15) is 34.5 Å². The standard InChI is InChI=1S/C24H24ClFN2O3/c1-3-5-16-12-17(8-9-20(16)26)22-14-27-10-11-28(13-18(27)15-31-22)24(29)19-6-4-7-21(30-2)23(19)25/h4,6-9,12,18,22H,10-11,13-15H2,1-2H3/t18-,22-/m0/s1. The summed E-state index contributed by atoms with van der Waals surface area (Å²) in [6, 6.07) is 10.3. The van der Waals surface area contributed by atoms with Gasteiger partial charge in [-0.25, -0.2) is 4.39 Å². The molecule has 0 N–H and O–H groups in total. The number of carbonyl (C=O) groups is 1. The van der Waals surface area contributed by atoms with E-state index in [2.05, 4.69) is 16.7 Å². The molecule has 7 heteroatoms. The van der Waals surface area contributed by atoms with Gasteiger partial charge in [0.1, 0.15) is 11.6 Å². The van der Waals surface area contributed by atoms with Gasteiger partial charge in [0, 0.05) is 26.2 Å². The van der Waals surface area contributed by atoms with Gasteiger partial charge in [-0.3, -0.25) is 9.69 Å². The van der Waals surface area contributed by atoms with Crippen LogP contribution in [0.25, 0.3) is 0 Å². The molecule has 2 aromatic rings. The molecule has 4 rings (SSSR count). The molecule has 2 fully saturated rings. The number of benzene rings is 2. The Kier molecular flexibility index (Phi) is 6.47. The smallest absolute Gasteiger partial charge is 0.255 e. The number of hydrogen-bond donors (Lipinski definition) is 0. The van der Waals surface area contributed by atoms with Crippen LogP contribution in [-0.2, 0) is 4.74 Å². The van der Waals surface area contributed by atoms with Crippen molar-refractivity contribution < 1.29 is 18.7 Å². The monoisotopic (exact) mass is 442 g/mol. The highest BCUT2D eigenvalue weighted by molar-refractivity contribution is 6.35. The molecule has 0 radical (unpaired) electrons. The minimum absolute atomic E-state index is 0.105. The second-order valence-corrected chi connectivity index (χ2v) is 8.04. The van der Waals surface area contributed by atoms with Gasteiger partial charge in [-0.1, -0.05) is 29.7 Å². The molecule has 0 bridgehead atoms. The first-order valence-corrected chi connectivity index (χ1v) is 10.6. The lowest BCUT2D eigenvalue weighted by atomic mass is 10.0. The van der Waals surface area contributed by atoms with Crippen molar-refractivity contribution in [2.24, 2.45) is 0 Å². The van der Waals surface area contributed by atoms with Crippen LogP contribution in [0.3, 0.4) is 0 Å². The zero-order chi connectivity index (χ0) is 22.0. The number of fused-ring (bicyclic) bond motifs is 1. The molecule has 31 heavy (non-hydrogen) atoms. The molecule has 162 valence electrons. The number of nitrogens with zero attached hydrogens (tertiary/aromatic N) is 2. The van der Waals surface area contributed by atoms with Crippen LogP contribution in [0.15, 0.2) is 36.4 Å². The number of halogens is 2. The first-order chi connectivity index (χ1) is 15.0. The predicted octanol–water partition coefficient (Wildman–Crippen LogP) is 3.76. The summed E-state index contributed by atoms with van der Waals surface area (Å²) in [7, 11) is 1.53. The molecule has 2 atom stereocenters. The summed E-state index contributed by atoms with van der Waals surface area (Å²) in [5.41, 5.74) is 1.75. The van der Waals surface area contributed by atoms with Gasteiger partial charge < -0.3 is 14.4 Å². The van der Waals surface area contributed by atoms with Crippen LogP contribution in [0.2, 0.25) is 5.02 Å². The minimum Gasteiger partial charge on any atom is -0.495 e. The van der Waals surface area contributed by atoms with Gasteiger partial charge in [0.15, 0.2) is 0 Å². The largest absolute Gasteiger partial charge is 0.495 e. The van der Waals surface area contributed by atoms with Crippen LogP contribution in [-0.4, -0.2) is 61.6 Å². The van der Waals surface area contributed by atoms with E-state index in [9.17, 15) is 9.18 Å². The van der Waals surface area contributed by atoms with E-state index in [4.69, 9.17) is 21.1 Å². The van der Waals surface area contributed by atoms with Crippen LogP contribution < -0.4 is 4.74 Å². The Morgan fingerprint density at radius 1 is 1.26 bits per heavy atom. The van der Waals surface area contributed by atoms with E-state index in [0.717, 1.165) is 12.1 Å². The molecule has 2 aromatic carbocycles. The van der Waals surface area contributed by atoms with Gasteiger partial charge in [-0.05, 0) is 36.8 Å². The Labute approximate surface area is 186 Å². The topological polar surface area (TPSA) is 42.0 Å². The molecule has 5 nitrogen and oxygen atoms in total. The lowest BCUT2D eigenvalue weighted by Gasteiger charge is -2.46. The first-order valence-electron chi connectivity index (χ1n) is 10.2. The van der Waals surface area contributed by atoms with Gasteiger partial charge in [-0.2, -0.15) is 0 Å². The van der Waals surface area contributed by atoms with Crippen LogP contribution in [0, 0.1) is 17.7 Å². The Morgan fingerprint density at radius 3 is 2.87 bits per heavy atom. The Morgan fingerprint density at radius 2 is 2.10 bits per heavy atom. The van der Waals surface area contributed by atoms with Crippen molar-refractivity contribution >= 4 is 17.5 Å². The van der Waals surface area contributed by atoms with Crippen molar-refractivity contribution in [1.29, 1.82) is 0 Å². The lowest BCUT2D eigenvalue weighted by Crippen LogP contribution is -2.59. The third-order valence-corrected chi connectivity index (χ3v) is 6.21. The zero-order valence-electron chi connectivity index (χ0n) is 17.5. The molecule has 0 aliphatic carbocycles. The number of piperazine rings is 1. The highest BCUT2D eigenvalue weighted by Crippen LogP contribution is 2.31. The molecule has 2 aliphatic rings. The van der Waals surface area contributed by atoms with Gasteiger partial charge in [0.2, 0.25) is 0 Å². The summed E-state index contributed by atoms with van der Waals surface area (Å²) in [5.74, 6) is 5.60. The third kappa shape index (κ3) is 4.40. The van der Waals surface area contributed by atoms with Crippen molar-refractivity contribution in [2.45, 2.75) is 19.1 Å². The van der Waals surface area contributed by atoms with E-state index in [-0.39, 0.29) is 23.9 Å². The number of amides is 1. The summed E-state index contributed by atoms with van der Waals surface area (Å²) < 4.78 is 25.3. The molecule has 2 heterocycles. The molecule has 0 spiro atoms. The second-order valence-electron chi connectivity index (χ2n) is 7.66. The quantitative estimate of drug-likeness (QED) is 0.679. The van der Waals surface area contributed by atoms with Gasteiger partial charge in [-0.15, -0.1) is 5.92 Å². The van der Waals surface area contributed by atoms with Gasteiger partial charge >= 0.3 is 0 Å². The Hall–Kier alpha value is -2.59. The molecular weight excluding hydrogens is 419 g/mol. The highest BCUT2D eigenvalue weighted by atomic mass is 35.5. The van der Waals surface area contributed by atoms with Crippen molar-refractivity contribution in [1.82, 2.24) is 9.80 Å². The average Bonchev–Trinajstić information content (AvgIpc) is 2.79. The molecule has 2 saturated heterocycles. The normalized spacial score (nSPS) is 21.1. The first kappa shape index (κ1) is 21.6. The average molecular weight is 443 g/mol. The van der Waals surface area contributed by atoms with Crippen molar-refractivity contribution in [2.75, 3.05) is 39.9 Å². The molecule has 0 saturated carbocycles. The zero-order valence-corrected chi connectivity index (χ0v) is 18.3. The van der Waals surface area contributed by atoms with Crippen LogP contribution >= 0.6 is 11.6 Å². The number of hydrogen-bond acceptors (Lipinski definition) is 4. The SMILES string of the molecule is CC#Cc1cc([C@@H]2CN3CCN(C(=O)c4cccc(OC)c4Cl)C[C@H]3CO2)ccc1F. The summed E-state index contributed by atoms with van der Waals surface area (Å²) >= 11 is 6.35. The summed E-state index contributed by atoms with van der Waals surface area (Å²) in [6.45, 7) is 4.78. The maximum Gasteiger partial charge on any atom is 0.255 e. The van der Waals surface area contributed by atoms with Crippen molar-refractivity contribution in [3.8, 4) is 17.6 Å². The molecule has 1 amide bonds. The molecular formula is C24H24ClFN2O3. The predicted molar refractivity (Wildman–Crippen MR) is 117 cm³/mol. The van der Waals surface area contributed by atoms with Gasteiger partial charge in [0.25, 0.3) is 5.91 Å². The van der Waals surface area contributed by atoms with E-state index in [1.54, 1.807) is 37.3 Å². The summed E-state index contributed by atoms with van der Waals surface area (Å²) in [4.78, 5) is 17.2. The van der Waals surface area contributed by atoms with Crippen LogP contribution in [0.5, 0.6) is 5.75 Å². The number of ether oxygens (including phenoxy) is 2. The Bertz CT molecular complexity index is 1050. The summed E-state index contributed by atoms with van der Waals surface area (Å²) in [5, 5.41) is 0.333. The van der Waals surface area contributed by atoms with Crippen LogP contribution in [0.4, 0.5) is 4.39 Å². The summed E-state index contributed by atoms with van der Waals surface area (Å²) in [6.07, 6.45) is -0.149. The van der Waals surface area contributed by atoms with Gasteiger partial charge in [0.05, 0.1) is 42.0 Å². The number of methoxy groups -OCH3 is 1. The Balaban J connectivity index is 1.44. The second kappa shape index (κ2) is 9.27. The fourth-order valence-electron chi connectivity index (χ4n) is 4.15. The van der Waals surface area contributed by atoms with E-state index in [1.807, 2.05) is 4.90 Å². The maximum atomic E-state index is 13.9. The maximum absolute atomic E-state index is 13.9. The van der Waals surface area contributed by atoms with E-state index in [0.29, 0.717) is 48.1 Å². The highest BCUT2D eigenvalue weighted by Gasteiger charge is 2.36. The van der Waals surface area contributed by atoms with E-state index < -0.39 is 0 Å². The fraction of sp³-hybridized carbons (Fsp3) is 0.375. The van der Waals surface area contributed by atoms with E-state index in [1.165, 1.54) is 13.2 Å². The van der Waals surface area contributed by atoms with Crippen molar-refractivity contribution in [3.63, 3.8) is 0 Å². The van der Waals surface area contributed by atoms with E-state index >= 15 is 0 Å². The number of carbonyl (C=O) groups excluding carboxylic acids is 1. The molecule has 0 aromatic heterocycles. The molecule has 0 unspecified atom stereocenters. The van der Waals surface area contributed by atoms with Crippen molar-refractivity contribution in [3.05, 3.63) is 63.9 Å². The number of rotatable bonds is 3. The number of morpholine rings is 1. The lowest BCUT2D eigenvalue weighted by molar-refractivity contribution is -0.0858. The minimum atomic E-state index is -0.324. The molecule has 2 aliphatic heterocycles. The fourth-order valence-corrected chi connectivity index (χ4v) is 4.43.